The molecule has 0 aliphatic heterocycles. The molecule has 3 amide bonds. The molecule has 0 saturated carbocycles. The Labute approximate surface area is 118 Å². The van der Waals surface area contributed by atoms with Gasteiger partial charge in [-0.2, -0.15) is 0 Å². The summed E-state index contributed by atoms with van der Waals surface area (Å²) in [4.78, 5) is 22.1. The highest BCUT2D eigenvalue weighted by molar-refractivity contribution is 5.74. The van der Waals surface area contributed by atoms with Crippen LogP contribution < -0.4 is 20.7 Å². The van der Waals surface area contributed by atoms with E-state index in [1.54, 1.807) is 0 Å². The summed E-state index contributed by atoms with van der Waals surface area (Å²) < 4.78 is 5.34. The fourth-order valence-electron chi connectivity index (χ4n) is 1.53. The Morgan fingerprint density at radius 2 is 1.70 bits per heavy atom. The normalized spacial score (nSPS) is 9.70. The van der Waals surface area contributed by atoms with Crippen LogP contribution in [-0.2, 0) is 11.3 Å². The molecule has 0 bridgehead atoms. The minimum absolute atomic E-state index is 0.110. The molecular weight excluding hydrogens is 258 g/mol. The van der Waals surface area contributed by atoms with E-state index in [0.717, 1.165) is 11.3 Å². The molecule has 0 saturated heterocycles. The third-order valence-electron chi connectivity index (χ3n) is 2.47. The van der Waals surface area contributed by atoms with Crippen LogP contribution in [0.4, 0.5) is 4.79 Å². The van der Waals surface area contributed by atoms with Crippen molar-refractivity contribution >= 4 is 11.9 Å². The maximum Gasteiger partial charge on any atom is 0.315 e. The number of hydrogen-bond acceptors (Lipinski definition) is 3. The van der Waals surface area contributed by atoms with Gasteiger partial charge in [-0.15, -0.1) is 0 Å². The van der Waals surface area contributed by atoms with Crippen molar-refractivity contribution in [3.8, 4) is 5.75 Å². The molecule has 20 heavy (non-hydrogen) atoms. The van der Waals surface area contributed by atoms with Crippen LogP contribution in [0.3, 0.4) is 0 Å². The van der Waals surface area contributed by atoms with E-state index in [4.69, 9.17) is 4.74 Å². The predicted octanol–water partition coefficient (Wildman–Crippen LogP) is 1.02. The fourth-order valence-corrected chi connectivity index (χ4v) is 1.53. The highest BCUT2D eigenvalue weighted by Crippen LogP contribution is 2.11. The fraction of sp³-hybridized carbons (Fsp3) is 0.429. The number of carbonyl (C=O) groups excluding carboxylic acids is 2. The van der Waals surface area contributed by atoms with Crippen molar-refractivity contribution in [2.24, 2.45) is 0 Å². The smallest absolute Gasteiger partial charge is 0.315 e. The monoisotopic (exact) mass is 279 g/mol. The molecular formula is C14H21N3O3. The molecule has 0 atom stereocenters. The second-order valence-electron chi connectivity index (χ2n) is 4.17. The van der Waals surface area contributed by atoms with Crippen LogP contribution >= 0.6 is 0 Å². The predicted molar refractivity (Wildman–Crippen MR) is 76.5 cm³/mol. The van der Waals surface area contributed by atoms with E-state index in [-0.39, 0.29) is 11.9 Å². The lowest BCUT2D eigenvalue weighted by Gasteiger charge is -2.08. The first kappa shape index (κ1) is 15.8. The summed E-state index contributed by atoms with van der Waals surface area (Å²) in [6.07, 6.45) is 0. The second kappa shape index (κ2) is 8.79. The molecule has 1 rings (SSSR count). The van der Waals surface area contributed by atoms with Crippen LogP contribution in [0.25, 0.3) is 0 Å². The minimum Gasteiger partial charge on any atom is -0.494 e. The molecule has 0 fully saturated rings. The maximum atomic E-state index is 11.5. The van der Waals surface area contributed by atoms with Crippen LogP contribution in [0.2, 0.25) is 0 Å². The van der Waals surface area contributed by atoms with Gasteiger partial charge in [0.25, 0.3) is 0 Å². The number of urea groups is 1. The largest absolute Gasteiger partial charge is 0.494 e. The van der Waals surface area contributed by atoms with Crippen molar-refractivity contribution < 1.29 is 14.3 Å². The van der Waals surface area contributed by atoms with Gasteiger partial charge in [-0.25, -0.2) is 4.79 Å². The molecule has 6 heteroatoms. The lowest BCUT2D eigenvalue weighted by atomic mass is 10.2. The van der Waals surface area contributed by atoms with Crippen molar-refractivity contribution in [2.45, 2.75) is 20.4 Å². The standard InChI is InChI=1S/C14H21N3O3/c1-3-20-13-6-4-12(5-7-13)10-17-14(19)16-9-8-15-11(2)18/h4-7H,3,8-10H2,1-2H3,(H,15,18)(H2,16,17,19). The topological polar surface area (TPSA) is 79.5 Å². The quantitative estimate of drug-likeness (QED) is 0.652. The Kier molecular flexibility index (Phi) is 6.95. The molecule has 6 nitrogen and oxygen atoms in total. The molecule has 0 aliphatic rings. The SMILES string of the molecule is CCOc1ccc(CNC(=O)NCCNC(C)=O)cc1. The first-order valence-corrected chi connectivity index (χ1v) is 6.59. The van der Waals surface area contributed by atoms with Crippen LogP contribution in [0.15, 0.2) is 24.3 Å². The summed E-state index contributed by atoms with van der Waals surface area (Å²) in [5, 5.41) is 7.98. The van der Waals surface area contributed by atoms with Crippen molar-refractivity contribution in [1.29, 1.82) is 0 Å². The van der Waals surface area contributed by atoms with Gasteiger partial charge in [-0.1, -0.05) is 12.1 Å². The molecule has 1 aromatic carbocycles. The van der Waals surface area contributed by atoms with Crippen LogP contribution in [0.1, 0.15) is 19.4 Å². The zero-order valence-corrected chi connectivity index (χ0v) is 11.9. The summed E-state index contributed by atoms with van der Waals surface area (Å²) in [5.41, 5.74) is 0.991. The Morgan fingerprint density at radius 3 is 2.30 bits per heavy atom. The first-order chi connectivity index (χ1) is 9.61. The zero-order valence-electron chi connectivity index (χ0n) is 11.9. The molecule has 110 valence electrons. The highest BCUT2D eigenvalue weighted by atomic mass is 16.5. The Morgan fingerprint density at radius 1 is 1.05 bits per heavy atom. The summed E-state index contributed by atoms with van der Waals surface area (Å²) in [5.74, 6) is 0.706. The number of benzene rings is 1. The van der Waals surface area contributed by atoms with Gasteiger partial charge in [0.05, 0.1) is 6.61 Å². The van der Waals surface area contributed by atoms with E-state index in [9.17, 15) is 9.59 Å². The maximum absolute atomic E-state index is 11.5. The third-order valence-corrected chi connectivity index (χ3v) is 2.47. The molecule has 0 heterocycles. The first-order valence-electron chi connectivity index (χ1n) is 6.59. The van der Waals surface area contributed by atoms with Crippen molar-refractivity contribution in [2.75, 3.05) is 19.7 Å². The summed E-state index contributed by atoms with van der Waals surface area (Å²) >= 11 is 0. The molecule has 3 N–H and O–H groups in total. The molecule has 0 spiro atoms. The van der Waals surface area contributed by atoms with Crippen LogP contribution in [0.5, 0.6) is 5.75 Å². The number of rotatable bonds is 7. The van der Waals surface area contributed by atoms with E-state index >= 15 is 0 Å². The second-order valence-corrected chi connectivity index (χ2v) is 4.17. The van der Waals surface area contributed by atoms with E-state index in [2.05, 4.69) is 16.0 Å². The van der Waals surface area contributed by atoms with Crippen LogP contribution in [-0.4, -0.2) is 31.6 Å². The van der Waals surface area contributed by atoms with E-state index < -0.39 is 0 Å². The van der Waals surface area contributed by atoms with E-state index in [0.29, 0.717) is 26.2 Å². The van der Waals surface area contributed by atoms with Gasteiger partial charge in [0.2, 0.25) is 5.91 Å². The average molecular weight is 279 g/mol. The van der Waals surface area contributed by atoms with E-state index in [1.807, 2.05) is 31.2 Å². The van der Waals surface area contributed by atoms with Gasteiger partial charge < -0.3 is 20.7 Å². The third kappa shape index (κ3) is 6.63. The van der Waals surface area contributed by atoms with Gasteiger partial charge in [0.1, 0.15) is 5.75 Å². The Bertz CT molecular complexity index is 432. The summed E-state index contributed by atoms with van der Waals surface area (Å²) in [7, 11) is 0. The molecule has 0 unspecified atom stereocenters. The Hall–Kier alpha value is -2.24. The number of carbonyl (C=O) groups is 2. The molecule has 0 aromatic heterocycles. The summed E-state index contributed by atoms with van der Waals surface area (Å²) in [6.45, 7) is 5.26. The lowest BCUT2D eigenvalue weighted by Crippen LogP contribution is -2.39. The number of nitrogens with one attached hydrogen (secondary N) is 3. The Balaban J connectivity index is 2.21. The van der Waals surface area contributed by atoms with E-state index in [1.165, 1.54) is 6.92 Å². The highest BCUT2D eigenvalue weighted by Gasteiger charge is 2.00. The molecule has 1 aromatic rings. The molecule has 0 aliphatic carbocycles. The van der Waals surface area contributed by atoms with Crippen molar-refractivity contribution in [3.05, 3.63) is 29.8 Å². The minimum atomic E-state index is -0.260. The summed E-state index contributed by atoms with van der Waals surface area (Å²) in [6, 6.07) is 7.29. The number of hydrogen-bond donors (Lipinski definition) is 3. The van der Waals surface area contributed by atoms with Crippen LogP contribution in [0, 0.1) is 0 Å². The average Bonchev–Trinajstić information content (AvgIpc) is 2.43. The number of amides is 3. The van der Waals surface area contributed by atoms with Gasteiger partial charge in [-0.3, -0.25) is 4.79 Å². The van der Waals surface area contributed by atoms with Gasteiger partial charge in [0.15, 0.2) is 0 Å². The number of ether oxygens (including phenoxy) is 1. The molecule has 0 radical (unpaired) electrons. The zero-order chi connectivity index (χ0) is 14.8. The van der Waals surface area contributed by atoms with Gasteiger partial charge in [-0.05, 0) is 24.6 Å². The lowest BCUT2D eigenvalue weighted by molar-refractivity contribution is -0.118. The van der Waals surface area contributed by atoms with Gasteiger partial charge >= 0.3 is 6.03 Å². The van der Waals surface area contributed by atoms with Gasteiger partial charge in [0, 0.05) is 26.6 Å². The van der Waals surface area contributed by atoms with Crippen molar-refractivity contribution in [1.82, 2.24) is 16.0 Å². The van der Waals surface area contributed by atoms with Crippen molar-refractivity contribution in [3.63, 3.8) is 0 Å².